The summed E-state index contributed by atoms with van der Waals surface area (Å²) in [7, 11) is -4.04. The van der Waals surface area contributed by atoms with E-state index in [4.69, 9.17) is 16.3 Å². The first-order chi connectivity index (χ1) is 15.1. The number of amides is 1. The van der Waals surface area contributed by atoms with Gasteiger partial charge in [0.15, 0.2) is 0 Å². The second-order valence-corrected chi connectivity index (χ2v) is 11.2. The van der Waals surface area contributed by atoms with Crippen molar-refractivity contribution in [2.24, 2.45) is 0 Å². The number of aromatic nitrogens is 1. The van der Waals surface area contributed by atoms with E-state index in [1.165, 1.54) is 6.20 Å². The molecule has 0 bridgehead atoms. The first kappa shape index (κ1) is 22.7. The summed E-state index contributed by atoms with van der Waals surface area (Å²) < 4.78 is 33.1. The fraction of sp³-hybridized carbons (Fsp3) is 0.333. The van der Waals surface area contributed by atoms with E-state index in [0.717, 1.165) is 5.56 Å². The van der Waals surface area contributed by atoms with Gasteiger partial charge in [-0.15, -0.1) is 0 Å². The maximum absolute atomic E-state index is 13.9. The minimum Gasteiger partial charge on any atom is -0.378 e. The smallest absolute Gasteiger partial charge is 0.256 e. The van der Waals surface area contributed by atoms with Crippen molar-refractivity contribution in [1.82, 2.24) is 9.88 Å². The van der Waals surface area contributed by atoms with Crippen molar-refractivity contribution in [3.8, 4) is 0 Å². The molecule has 1 fully saturated rings. The summed E-state index contributed by atoms with van der Waals surface area (Å²) in [5.41, 5.74) is 1.40. The predicted octanol–water partition coefficient (Wildman–Crippen LogP) is 4.49. The number of rotatable bonds is 3. The minimum absolute atomic E-state index is 0.0431. The Kier molecular flexibility index (Phi) is 6.00. The highest BCUT2D eigenvalue weighted by Crippen LogP contribution is 2.34. The molecule has 1 aromatic heterocycles. The third-order valence-electron chi connectivity index (χ3n) is 5.61. The topological polar surface area (TPSA) is 76.6 Å². The fourth-order valence-corrected chi connectivity index (χ4v) is 5.56. The van der Waals surface area contributed by atoms with Gasteiger partial charge in [0.25, 0.3) is 5.91 Å². The maximum atomic E-state index is 13.9. The number of ether oxygens (including phenoxy) is 1. The Morgan fingerprint density at radius 1 is 1.06 bits per heavy atom. The second kappa shape index (κ2) is 8.46. The summed E-state index contributed by atoms with van der Waals surface area (Å²) in [6.45, 7) is 7.80. The number of carbonyl (C=O) groups is 1. The molecule has 3 aromatic rings. The van der Waals surface area contributed by atoms with Crippen LogP contribution in [0.1, 0.15) is 36.7 Å². The average Bonchev–Trinajstić information content (AvgIpc) is 2.77. The third kappa shape index (κ3) is 4.25. The lowest BCUT2D eigenvalue weighted by Crippen LogP contribution is -2.41. The molecule has 6 nitrogen and oxygen atoms in total. The van der Waals surface area contributed by atoms with E-state index < -0.39 is 9.84 Å². The van der Waals surface area contributed by atoms with E-state index in [9.17, 15) is 13.2 Å². The van der Waals surface area contributed by atoms with Gasteiger partial charge >= 0.3 is 0 Å². The monoisotopic (exact) mass is 472 g/mol. The zero-order chi connectivity index (χ0) is 23.1. The summed E-state index contributed by atoms with van der Waals surface area (Å²) in [5.74, 6) is -0.382. The van der Waals surface area contributed by atoms with Gasteiger partial charge in [0.1, 0.15) is 0 Å². The standard InChI is InChI=1S/C24H25ClN2O4S/c1-24(2,3)16-4-7-18(8-5-16)32(29,30)22-19-14-17(25)6-9-21(19)26-15-20(22)23(28)27-10-12-31-13-11-27/h4-9,14-15H,10-13H2,1-3H3. The summed E-state index contributed by atoms with van der Waals surface area (Å²) >= 11 is 6.20. The van der Waals surface area contributed by atoms with E-state index in [0.29, 0.717) is 42.2 Å². The van der Waals surface area contributed by atoms with Crippen LogP contribution in [0.15, 0.2) is 58.5 Å². The van der Waals surface area contributed by atoms with Crippen molar-refractivity contribution < 1.29 is 17.9 Å². The summed E-state index contributed by atoms with van der Waals surface area (Å²) in [4.78, 5) is 19.3. The second-order valence-electron chi connectivity index (χ2n) is 8.84. The van der Waals surface area contributed by atoms with Gasteiger partial charge in [-0.05, 0) is 41.3 Å². The molecule has 1 aliphatic rings. The lowest BCUT2D eigenvalue weighted by atomic mass is 9.87. The largest absolute Gasteiger partial charge is 0.378 e. The van der Waals surface area contributed by atoms with Crippen LogP contribution in [-0.4, -0.2) is 50.5 Å². The number of pyridine rings is 1. The Morgan fingerprint density at radius 3 is 2.34 bits per heavy atom. The van der Waals surface area contributed by atoms with Crippen molar-refractivity contribution in [2.45, 2.75) is 36.0 Å². The number of halogens is 1. The molecule has 0 radical (unpaired) electrons. The lowest BCUT2D eigenvalue weighted by molar-refractivity contribution is 0.0300. The molecule has 1 aliphatic heterocycles. The van der Waals surface area contributed by atoms with Crippen LogP contribution in [0.4, 0.5) is 0 Å². The van der Waals surface area contributed by atoms with Gasteiger partial charge in [-0.25, -0.2) is 8.42 Å². The SMILES string of the molecule is CC(C)(C)c1ccc(S(=O)(=O)c2c(C(=O)N3CCOCC3)cnc3ccc(Cl)cc23)cc1. The molecule has 2 heterocycles. The minimum atomic E-state index is -4.04. The first-order valence-electron chi connectivity index (χ1n) is 10.4. The number of morpholine rings is 1. The van der Waals surface area contributed by atoms with Crippen LogP contribution in [0.2, 0.25) is 5.02 Å². The molecular weight excluding hydrogens is 448 g/mol. The van der Waals surface area contributed by atoms with Crippen LogP contribution in [0.3, 0.4) is 0 Å². The van der Waals surface area contributed by atoms with Crippen molar-refractivity contribution in [1.29, 1.82) is 0 Å². The van der Waals surface area contributed by atoms with Crippen molar-refractivity contribution in [3.63, 3.8) is 0 Å². The van der Waals surface area contributed by atoms with E-state index in [-0.39, 0.29) is 26.7 Å². The number of fused-ring (bicyclic) bond motifs is 1. The number of carbonyl (C=O) groups excluding carboxylic acids is 1. The zero-order valence-corrected chi connectivity index (χ0v) is 19.8. The lowest BCUT2D eigenvalue weighted by Gasteiger charge is -2.27. The van der Waals surface area contributed by atoms with Crippen LogP contribution in [0.5, 0.6) is 0 Å². The summed E-state index contributed by atoms with van der Waals surface area (Å²) in [5, 5.41) is 0.700. The molecule has 8 heteroatoms. The van der Waals surface area contributed by atoms with Gasteiger partial charge in [0.05, 0.1) is 34.1 Å². The Bertz CT molecular complexity index is 1280. The number of hydrogen-bond donors (Lipinski definition) is 0. The maximum Gasteiger partial charge on any atom is 0.256 e. The third-order valence-corrected chi connectivity index (χ3v) is 7.71. The van der Waals surface area contributed by atoms with Crippen LogP contribution in [0.25, 0.3) is 10.9 Å². The van der Waals surface area contributed by atoms with E-state index >= 15 is 0 Å². The van der Waals surface area contributed by atoms with E-state index in [2.05, 4.69) is 25.8 Å². The normalized spacial score (nSPS) is 15.2. The molecule has 1 amide bonds. The Balaban J connectivity index is 1.92. The fourth-order valence-electron chi connectivity index (χ4n) is 3.77. The number of hydrogen-bond acceptors (Lipinski definition) is 5. The highest BCUT2D eigenvalue weighted by Gasteiger charge is 2.31. The Morgan fingerprint density at radius 2 is 1.72 bits per heavy atom. The van der Waals surface area contributed by atoms with Gasteiger partial charge in [-0.2, -0.15) is 0 Å². The molecular formula is C24H25ClN2O4S. The van der Waals surface area contributed by atoms with Crippen LogP contribution >= 0.6 is 11.6 Å². The van der Waals surface area contributed by atoms with Crippen LogP contribution in [0, 0.1) is 0 Å². The molecule has 0 spiro atoms. The molecule has 0 N–H and O–H groups in total. The predicted molar refractivity (Wildman–Crippen MR) is 124 cm³/mol. The zero-order valence-electron chi connectivity index (χ0n) is 18.3. The average molecular weight is 473 g/mol. The molecule has 168 valence electrons. The highest BCUT2D eigenvalue weighted by atomic mass is 35.5. The molecule has 2 aromatic carbocycles. The van der Waals surface area contributed by atoms with Gasteiger partial charge in [0, 0.05) is 29.7 Å². The molecule has 0 aliphatic carbocycles. The molecule has 0 atom stereocenters. The van der Waals surface area contributed by atoms with Gasteiger partial charge in [0.2, 0.25) is 9.84 Å². The Hall–Kier alpha value is -2.48. The Labute approximate surface area is 193 Å². The van der Waals surface area contributed by atoms with Crippen LogP contribution < -0.4 is 0 Å². The summed E-state index contributed by atoms with van der Waals surface area (Å²) in [6.07, 6.45) is 1.35. The quantitative estimate of drug-likeness (QED) is 0.561. The molecule has 4 rings (SSSR count). The molecule has 0 saturated carbocycles. The van der Waals surface area contributed by atoms with Gasteiger partial charge in [-0.3, -0.25) is 9.78 Å². The van der Waals surface area contributed by atoms with Crippen LogP contribution in [-0.2, 0) is 20.0 Å². The molecule has 0 unspecified atom stereocenters. The van der Waals surface area contributed by atoms with Crippen molar-refractivity contribution in [2.75, 3.05) is 26.3 Å². The number of sulfone groups is 1. The molecule has 1 saturated heterocycles. The summed E-state index contributed by atoms with van der Waals surface area (Å²) in [6, 6.07) is 11.7. The van der Waals surface area contributed by atoms with Crippen molar-refractivity contribution in [3.05, 3.63) is 64.8 Å². The first-order valence-corrected chi connectivity index (χ1v) is 12.3. The number of benzene rings is 2. The highest BCUT2D eigenvalue weighted by molar-refractivity contribution is 7.91. The van der Waals surface area contributed by atoms with Gasteiger partial charge in [-0.1, -0.05) is 44.5 Å². The van der Waals surface area contributed by atoms with Crippen molar-refractivity contribution >= 4 is 38.2 Å². The molecule has 32 heavy (non-hydrogen) atoms. The van der Waals surface area contributed by atoms with E-state index in [1.807, 2.05) is 12.1 Å². The van der Waals surface area contributed by atoms with E-state index in [1.54, 1.807) is 35.2 Å². The number of nitrogens with zero attached hydrogens (tertiary/aromatic N) is 2. The van der Waals surface area contributed by atoms with Gasteiger partial charge < -0.3 is 9.64 Å².